The van der Waals surface area contributed by atoms with Crippen LogP contribution in [0.2, 0.25) is 0 Å². The number of nitrogens with zero attached hydrogens (tertiary/aromatic N) is 2. The van der Waals surface area contributed by atoms with Gasteiger partial charge in [-0.1, -0.05) is 36.7 Å². The van der Waals surface area contributed by atoms with Crippen molar-refractivity contribution in [2.45, 2.75) is 134 Å². The number of rotatable bonds is 11. The van der Waals surface area contributed by atoms with E-state index >= 15 is 0 Å². The fourth-order valence-electron chi connectivity index (χ4n) is 8.89. The normalized spacial score (nSPS) is 38.9. The van der Waals surface area contributed by atoms with Gasteiger partial charge in [0.25, 0.3) is 5.56 Å². The van der Waals surface area contributed by atoms with Gasteiger partial charge >= 0.3 is 11.7 Å². The molecule has 4 aliphatic rings. The third kappa shape index (κ3) is 14.4. The van der Waals surface area contributed by atoms with Gasteiger partial charge in [-0.3, -0.25) is 19.4 Å². The number of aliphatic hydroxyl groups is 3. The number of ether oxygens (including phenoxy) is 9. The summed E-state index contributed by atoms with van der Waals surface area (Å²) >= 11 is 0. The molecule has 0 aliphatic carbocycles. The van der Waals surface area contributed by atoms with Crippen LogP contribution in [0.4, 0.5) is 0 Å². The van der Waals surface area contributed by atoms with E-state index in [1.807, 2.05) is 26.8 Å². The van der Waals surface area contributed by atoms with Crippen molar-refractivity contribution in [2.24, 2.45) is 28.8 Å². The lowest BCUT2D eigenvalue weighted by molar-refractivity contribution is -0.305. The summed E-state index contributed by atoms with van der Waals surface area (Å²) in [6, 6.07) is 0.432. The number of fused-ring (bicyclic) bond motifs is 3. The van der Waals surface area contributed by atoms with Crippen LogP contribution in [0.5, 0.6) is 0 Å². The first-order chi connectivity index (χ1) is 31.4. The summed E-state index contributed by atoms with van der Waals surface area (Å²) < 4.78 is 54.8. The molecule has 21 nitrogen and oxygen atoms in total. The minimum absolute atomic E-state index is 0.00360. The van der Waals surface area contributed by atoms with Crippen molar-refractivity contribution in [2.75, 3.05) is 61.3 Å². The van der Waals surface area contributed by atoms with Crippen LogP contribution in [0.3, 0.4) is 0 Å². The van der Waals surface area contributed by atoms with E-state index in [1.165, 1.54) is 26.4 Å². The number of carbonyl (C=O) groups excluding carboxylic acids is 2. The minimum Gasteiger partial charge on any atom is -0.465 e. The number of cyclic esters (lactones) is 1. The van der Waals surface area contributed by atoms with Crippen molar-refractivity contribution >= 4 is 17.5 Å². The van der Waals surface area contributed by atoms with Crippen molar-refractivity contribution in [3.05, 3.63) is 56.4 Å². The summed E-state index contributed by atoms with van der Waals surface area (Å²) in [4.78, 5) is 63.4. The van der Waals surface area contributed by atoms with Crippen LogP contribution >= 0.6 is 0 Å². The Labute approximate surface area is 384 Å². The predicted molar refractivity (Wildman–Crippen MR) is 235 cm³/mol. The number of hydrogen-bond donors (Lipinski definition) is 5. The van der Waals surface area contributed by atoms with Crippen molar-refractivity contribution in [1.29, 1.82) is 0 Å². The fraction of sp³-hybridized carbons (Fsp3) is 0.756. The number of allylic oxidation sites excluding steroid dienone is 3. The molecule has 4 aliphatic heterocycles. The highest BCUT2D eigenvalue weighted by Gasteiger charge is 2.48. The molecule has 0 amide bonds. The Bertz CT molecular complexity index is 1910. The number of methoxy groups -OCH3 is 2. The smallest absolute Gasteiger partial charge is 0.326 e. The van der Waals surface area contributed by atoms with Gasteiger partial charge in [-0.25, -0.2) is 4.79 Å². The number of aliphatic hydroxyl groups excluding tert-OH is 3. The lowest BCUT2D eigenvalue weighted by Gasteiger charge is -2.47. The molecule has 1 aromatic rings. The lowest BCUT2D eigenvalue weighted by atomic mass is 9.79. The van der Waals surface area contributed by atoms with E-state index < -0.39 is 114 Å². The molecule has 2 bridgehead atoms. The number of ketones is 1. The maximum Gasteiger partial charge on any atom is 0.326 e. The zero-order valence-electron chi connectivity index (χ0n) is 39.4. The van der Waals surface area contributed by atoms with Gasteiger partial charge in [-0.2, -0.15) is 0 Å². The molecule has 1 aromatic heterocycles. The molecule has 0 radical (unpaired) electrons. The van der Waals surface area contributed by atoms with Gasteiger partial charge in [0.05, 0.1) is 75.1 Å². The quantitative estimate of drug-likeness (QED) is 0.150. The lowest BCUT2D eigenvalue weighted by Crippen LogP contribution is -2.63. The molecule has 66 heavy (non-hydrogen) atoms. The maximum absolute atomic E-state index is 14.0. The molecule has 5 rings (SSSR count). The second kappa shape index (κ2) is 25.1. The highest BCUT2D eigenvalue weighted by molar-refractivity contribution is 5.91. The van der Waals surface area contributed by atoms with Gasteiger partial charge in [0.1, 0.15) is 30.1 Å². The monoisotopic (exact) mass is 938 g/mol. The summed E-state index contributed by atoms with van der Waals surface area (Å²) in [6.07, 6.45) is -4.55. The van der Waals surface area contributed by atoms with E-state index in [4.69, 9.17) is 47.5 Å². The highest BCUT2D eigenvalue weighted by atomic mass is 16.7. The number of aromatic amines is 2. The first-order valence-corrected chi connectivity index (χ1v) is 22.5. The van der Waals surface area contributed by atoms with Gasteiger partial charge in [-0.15, -0.1) is 0 Å². The Hall–Kier alpha value is -3.71. The maximum atomic E-state index is 14.0. The van der Waals surface area contributed by atoms with Crippen molar-refractivity contribution in [1.82, 2.24) is 14.9 Å². The fourth-order valence-corrected chi connectivity index (χ4v) is 8.89. The molecule has 5 N–H and O–H groups in total. The van der Waals surface area contributed by atoms with Gasteiger partial charge < -0.3 is 72.7 Å². The van der Waals surface area contributed by atoms with E-state index in [-0.39, 0.29) is 57.5 Å². The molecule has 5 heterocycles. The first-order valence-electron chi connectivity index (χ1n) is 22.5. The Balaban J connectivity index is 1.47. The van der Waals surface area contributed by atoms with E-state index in [9.17, 15) is 34.5 Å². The zero-order chi connectivity index (χ0) is 48.2. The predicted octanol–water partition coefficient (Wildman–Crippen LogP) is 0.589. The van der Waals surface area contributed by atoms with Crippen molar-refractivity contribution in [3.8, 4) is 0 Å². The Morgan fingerprint density at radius 1 is 0.879 bits per heavy atom. The molecule has 0 aromatic carbocycles. The van der Waals surface area contributed by atoms with Crippen LogP contribution in [0.25, 0.3) is 0 Å². The van der Waals surface area contributed by atoms with Crippen molar-refractivity contribution < 1.29 is 72.4 Å². The van der Waals surface area contributed by atoms with E-state index in [0.717, 1.165) is 0 Å². The molecule has 372 valence electrons. The van der Waals surface area contributed by atoms with E-state index in [1.54, 1.807) is 38.9 Å². The van der Waals surface area contributed by atoms with Crippen LogP contribution < -0.4 is 11.2 Å². The molecule has 0 saturated carbocycles. The molecular weight excluding hydrogens is 869 g/mol. The standard InChI is InChI=1S/C45H70N4O17/c1-23-10-11-32(50)24(2)15-29-12-13-59-20-31(48-63-22-30-16-34(51)47-45(56)46-30)21-60-33(25(3)40(29)66-43-39(55)36(49(6)7)37(53)26(4)64-43)17-35(52)61-18-28(14-23)19-62-44-42(58-9)41(57-8)38(54)27(5)65-44/h10-11,14,16,24-29,33,36-44,53-55H,12-13,15,17-22H2,1-9H3,(H2,46,47,51,56)/b11-10+,23-14+,48-31+/t24-,25+,26-,27-,28+,29?,33-,36+,37-,38-,39-,40-,41-,42-,43+,44-/m1/s1. The summed E-state index contributed by atoms with van der Waals surface area (Å²) in [5.74, 6) is -2.86. The van der Waals surface area contributed by atoms with Crippen LogP contribution in [0, 0.1) is 23.7 Å². The number of esters is 1. The Morgan fingerprint density at radius 3 is 2.29 bits per heavy atom. The molecule has 3 saturated heterocycles. The number of hydrogen-bond acceptors (Lipinski definition) is 19. The van der Waals surface area contributed by atoms with Crippen LogP contribution in [-0.2, 0) is 63.7 Å². The summed E-state index contributed by atoms with van der Waals surface area (Å²) in [6.45, 7) is 8.44. The highest BCUT2D eigenvalue weighted by Crippen LogP contribution is 2.36. The second-order valence-electron chi connectivity index (χ2n) is 18.0. The van der Waals surface area contributed by atoms with Gasteiger partial charge in [-0.05, 0) is 59.7 Å². The largest absolute Gasteiger partial charge is 0.465 e. The van der Waals surface area contributed by atoms with E-state index in [0.29, 0.717) is 24.1 Å². The Morgan fingerprint density at radius 2 is 1.59 bits per heavy atom. The van der Waals surface area contributed by atoms with E-state index in [2.05, 4.69) is 15.1 Å². The Kier molecular flexibility index (Phi) is 20.2. The van der Waals surface area contributed by atoms with Crippen LogP contribution in [0.15, 0.2) is 44.6 Å². The number of carbonyl (C=O) groups is 2. The SMILES string of the molecule is CO[C@@H]1[C@H](O)[C@@H](C)O[C@@H](OC[C@H]2/C=C(C)/C=C/C(=O)[C@H](C)CC3CCOC/C(=N\OCc4cc(=O)[nH]c(=O)[nH]4)CO[C@H](CC(=O)OC2)[C@H](C)[C@H]3O[C@@H]2O[C@H](C)[C@@H](O)[C@H](N(C)C)[C@H]2O)[C@@H]1OC. The number of H-pyrrole nitrogens is 2. The third-order valence-corrected chi connectivity index (χ3v) is 12.6. The van der Waals surface area contributed by atoms with Crippen LogP contribution in [-0.4, -0.2) is 183 Å². The molecule has 3 fully saturated rings. The van der Waals surface area contributed by atoms with Crippen molar-refractivity contribution in [3.63, 3.8) is 0 Å². The van der Waals surface area contributed by atoms with Gasteiger partial charge in [0.2, 0.25) is 0 Å². The molecular formula is C45H70N4O17. The van der Waals surface area contributed by atoms with Gasteiger partial charge in [0.15, 0.2) is 25.0 Å². The topological polar surface area (TPSA) is 268 Å². The average Bonchev–Trinajstić information content (AvgIpc) is 3.28. The van der Waals surface area contributed by atoms with Gasteiger partial charge in [0, 0.05) is 44.6 Å². The average molecular weight is 939 g/mol. The summed E-state index contributed by atoms with van der Waals surface area (Å²) in [5.41, 5.74) is -0.127. The summed E-state index contributed by atoms with van der Waals surface area (Å²) in [7, 11) is 6.41. The second-order valence-corrected chi connectivity index (χ2v) is 18.0. The zero-order valence-corrected chi connectivity index (χ0v) is 39.4. The number of nitrogens with one attached hydrogen (secondary N) is 2. The molecule has 21 heteroatoms. The number of likely N-dealkylation sites (N-methyl/N-ethyl adjacent to an activating group) is 1. The number of oxime groups is 1. The minimum atomic E-state index is -1.29. The number of aromatic nitrogens is 2. The molecule has 1 unspecified atom stereocenters. The molecule has 0 spiro atoms. The summed E-state index contributed by atoms with van der Waals surface area (Å²) in [5, 5.41) is 37.5. The third-order valence-electron chi connectivity index (χ3n) is 12.6. The van der Waals surface area contributed by atoms with Crippen LogP contribution in [0.1, 0.15) is 59.6 Å². The first kappa shape index (κ1) is 53.2. The molecule has 16 atom stereocenters.